The van der Waals surface area contributed by atoms with Crippen molar-refractivity contribution in [3.05, 3.63) is 22.2 Å². The fraction of sp³-hybridized carbons (Fsp3) is 0.500. The van der Waals surface area contributed by atoms with Gasteiger partial charge in [0.1, 0.15) is 0 Å². The second kappa shape index (κ2) is 5.34. The summed E-state index contributed by atoms with van der Waals surface area (Å²) < 4.78 is 5.18. The van der Waals surface area contributed by atoms with Crippen molar-refractivity contribution in [1.29, 1.82) is 0 Å². The van der Waals surface area contributed by atoms with E-state index in [4.69, 9.17) is 27.9 Å². The number of anilines is 1. The van der Waals surface area contributed by atoms with Crippen molar-refractivity contribution < 1.29 is 9.84 Å². The molecule has 5 heteroatoms. The van der Waals surface area contributed by atoms with Crippen LogP contribution in [0.5, 0.6) is 5.75 Å². The minimum Gasteiger partial charge on any atom is -0.505 e. The molecule has 0 spiro atoms. The molecule has 1 aromatic rings. The summed E-state index contributed by atoms with van der Waals surface area (Å²) in [5.41, 5.74) is 0.812. The minimum atomic E-state index is -0.0754. The van der Waals surface area contributed by atoms with Crippen LogP contribution in [0.25, 0.3) is 0 Å². The van der Waals surface area contributed by atoms with Crippen molar-refractivity contribution in [2.75, 3.05) is 19.0 Å². The molecule has 94 valence electrons. The van der Waals surface area contributed by atoms with Gasteiger partial charge in [-0.2, -0.15) is 0 Å². The molecule has 17 heavy (non-hydrogen) atoms. The zero-order valence-electron chi connectivity index (χ0n) is 9.54. The summed E-state index contributed by atoms with van der Waals surface area (Å²) in [6, 6.07) is 3.62. The Balaban J connectivity index is 2.11. The predicted octanol–water partition coefficient (Wildman–Crippen LogP) is 3.54. The molecule has 0 radical (unpaired) electrons. The molecule has 2 rings (SSSR count). The van der Waals surface area contributed by atoms with Crippen molar-refractivity contribution in [1.82, 2.24) is 0 Å². The zero-order valence-corrected chi connectivity index (χ0v) is 11.1. The number of hydrogen-bond donors (Lipinski definition) is 2. The fourth-order valence-corrected chi connectivity index (χ4v) is 2.32. The maximum absolute atomic E-state index is 9.47. The summed E-state index contributed by atoms with van der Waals surface area (Å²) >= 11 is 11.7. The normalized spacial score (nSPS) is 16.9. The molecule has 0 aromatic heterocycles. The highest BCUT2D eigenvalue weighted by atomic mass is 35.5. The maximum Gasteiger partial charge on any atom is 0.152 e. The van der Waals surface area contributed by atoms with Crippen LogP contribution in [0.1, 0.15) is 12.8 Å². The molecule has 1 aromatic carbocycles. The molecule has 1 aliphatic rings. The van der Waals surface area contributed by atoms with Gasteiger partial charge in [0.05, 0.1) is 22.7 Å². The third-order valence-electron chi connectivity index (χ3n) is 2.91. The first-order valence-corrected chi connectivity index (χ1v) is 6.31. The highest BCUT2D eigenvalue weighted by molar-refractivity contribution is 6.37. The topological polar surface area (TPSA) is 41.5 Å². The summed E-state index contributed by atoms with van der Waals surface area (Å²) in [5, 5.41) is 13.3. The molecule has 1 saturated carbocycles. The molecule has 0 amide bonds. The number of halogens is 2. The molecule has 0 bridgehead atoms. The van der Waals surface area contributed by atoms with Crippen LogP contribution in [-0.2, 0) is 4.74 Å². The standard InChI is InChI=1S/C12H15Cl2NO2/c1-17-6-11(7-2-3-7)15-8-4-9(13)12(16)10(14)5-8/h4-5,7,11,15-16H,2-3,6H2,1H3. The number of hydrogen-bond acceptors (Lipinski definition) is 3. The van der Waals surface area contributed by atoms with E-state index in [1.54, 1.807) is 19.2 Å². The van der Waals surface area contributed by atoms with Gasteiger partial charge in [-0.1, -0.05) is 23.2 Å². The van der Waals surface area contributed by atoms with E-state index >= 15 is 0 Å². The van der Waals surface area contributed by atoms with Crippen molar-refractivity contribution in [2.24, 2.45) is 5.92 Å². The molecule has 1 atom stereocenters. The van der Waals surface area contributed by atoms with Crippen molar-refractivity contribution in [3.8, 4) is 5.75 Å². The van der Waals surface area contributed by atoms with Crippen LogP contribution >= 0.6 is 23.2 Å². The Kier molecular flexibility index (Phi) is 4.02. The Labute approximate surface area is 111 Å². The Hall–Kier alpha value is -0.640. The number of rotatable bonds is 5. The molecule has 2 N–H and O–H groups in total. The summed E-state index contributed by atoms with van der Waals surface area (Å²) in [7, 11) is 1.69. The average molecular weight is 276 g/mol. The van der Waals surface area contributed by atoms with Crippen LogP contribution in [-0.4, -0.2) is 24.9 Å². The van der Waals surface area contributed by atoms with Crippen LogP contribution < -0.4 is 5.32 Å². The lowest BCUT2D eigenvalue weighted by atomic mass is 10.2. The summed E-state index contributed by atoms with van der Waals surface area (Å²) in [4.78, 5) is 0. The zero-order chi connectivity index (χ0) is 12.4. The quantitative estimate of drug-likeness (QED) is 0.808. The average Bonchev–Trinajstić information content (AvgIpc) is 3.09. The first-order valence-electron chi connectivity index (χ1n) is 5.55. The predicted molar refractivity (Wildman–Crippen MR) is 70.1 cm³/mol. The third kappa shape index (κ3) is 3.18. The second-order valence-electron chi connectivity index (χ2n) is 4.33. The lowest BCUT2D eigenvalue weighted by molar-refractivity contribution is 0.179. The third-order valence-corrected chi connectivity index (χ3v) is 3.48. The molecular weight excluding hydrogens is 261 g/mol. The number of phenolic OH excluding ortho intramolecular Hbond substituents is 1. The number of aromatic hydroxyl groups is 1. The monoisotopic (exact) mass is 275 g/mol. The van der Waals surface area contributed by atoms with Crippen LogP contribution in [0.2, 0.25) is 10.0 Å². The van der Waals surface area contributed by atoms with Gasteiger partial charge in [-0.25, -0.2) is 0 Å². The number of phenols is 1. The van der Waals surface area contributed by atoms with Crippen LogP contribution in [0, 0.1) is 5.92 Å². The van der Waals surface area contributed by atoms with Gasteiger partial charge in [0.2, 0.25) is 0 Å². The van der Waals surface area contributed by atoms with Crippen LogP contribution in [0.15, 0.2) is 12.1 Å². The number of ether oxygens (including phenoxy) is 1. The summed E-state index contributed by atoms with van der Waals surface area (Å²) in [6.45, 7) is 0.654. The van der Waals surface area contributed by atoms with E-state index in [1.807, 2.05) is 0 Å². The lowest BCUT2D eigenvalue weighted by Gasteiger charge is -2.19. The largest absolute Gasteiger partial charge is 0.505 e. The first kappa shape index (κ1) is 12.8. The molecule has 1 aliphatic carbocycles. The number of methoxy groups -OCH3 is 1. The molecule has 0 heterocycles. The highest BCUT2D eigenvalue weighted by Crippen LogP contribution is 2.38. The minimum absolute atomic E-state index is 0.0754. The molecule has 0 aliphatic heterocycles. The van der Waals surface area contributed by atoms with Gasteiger partial charge in [-0.15, -0.1) is 0 Å². The molecule has 1 fully saturated rings. The van der Waals surface area contributed by atoms with Crippen LogP contribution in [0.3, 0.4) is 0 Å². The van der Waals surface area contributed by atoms with E-state index in [1.165, 1.54) is 12.8 Å². The summed E-state index contributed by atoms with van der Waals surface area (Å²) in [6.07, 6.45) is 2.45. The maximum atomic E-state index is 9.47. The van der Waals surface area contributed by atoms with Gasteiger partial charge in [-0.3, -0.25) is 0 Å². The van der Waals surface area contributed by atoms with Gasteiger partial charge in [0, 0.05) is 12.8 Å². The molecule has 3 nitrogen and oxygen atoms in total. The van der Waals surface area contributed by atoms with Gasteiger partial charge >= 0.3 is 0 Å². The number of nitrogens with one attached hydrogen (secondary N) is 1. The smallest absolute Gasteiger partial charge is 0.152 e. The second-order valence-corrected chi connectivity index (χ2v) is 5.15. The van der Waals surface area contributed by atoms with E-state index in [9.17, 15) is 5.11 Å². The van der Waals surface area contributed by atoms with E-state index < -0.39 is 0 Å². The molecule has 1 unspecified atom stereocenters. The molecule has 0 saturated heterocycles. The van der Waals surface area contributed by atoms with E-state index in [2.05, 4.69) is 5.32 Å². The first-order chi connectivity index (χ1) is 8.11. The Morgan fingerprint density at radius 1 is 1.41 bits per heavy atom. The summed E-state index contributed by atoms with van der Waals surface area (Å²) in [5.74, 6) is 0.579. The highest BCUT2D eigenvalue weighted by Gasteiger charge is 2.31. The lowest BCUT2D eigenvalue weighted by Crippen LogP contribution is -2.27. The van der Waals surface area contributed by atoms with Crippen molar-refractivity contribution in [2.45, 2.75) is 18.9 Å². The Morgan fingerprint density at radius 2 is 2.00 bits per heavy atom. The fourth-order valence-electron chi connectivity index (χ4n) is 1.84. The van der Waals surface area contributed by atoms with Gasteiger partial charge in [-0.05, 0) is 30.9 Å². The number of benzene rings is 1. The Bertz CT molecular complexity index is 384. The molecular formula is C12H15Cl2NO2. The van der Waals surface area contributed by atoms with Gasteiger partial charge < -0.3 is 15.2 Å². The van der Waals surface area contributed by atoms with Crippen LogP contribution in [0.4, 0.5) is 5.69 Å². The Morgan fingerprint density at radius 3 is 2.47 bits per heavy atom. The van der Waals surface area contributed by atoms with Crippen molar-refractivity contribution in [3.63, 3.8) is 0 Å². The van der Waals surface area contributed by atoms with E-state index in [0.717, 1.165) is 5.69 Å². The van der Waals surface area contributed by atoms with Gasteiger partial charge in [0.15, 0.2) is 5.75 Å². The van der Waals surface area contributed by atoms with Crippen molar-refractivity contribution >= 4 is 28.9 Å². The van der Waals surface area contributed by atoms with E-state index in [-0.39, 0.29) is 21.8 Å². The van der Waals surface area contributed by atoms with Gasteiger partial charge in [0.25, 0.3) is 0 Å². The SMILES string of the molecule is COCC(Nc1cc(Cl)c(O)c(Cl)c1)C1CC1. The van der Waals surface area contributed by atoms with E-state index in [0.29, 0.717) is 12.5 Å².